The molecule has 0 aromatic heterocycles. The Kier molecular flexibility index (Phi) is 5.29. The molecule has 0 unspecified atom stereocenters. The number of ketones is 1. The lowest BCUT2D eigenvalue weighted by Crippen LogP contribution is -2.38. The summed E-state index contributed by atoms with van der Waals surface area (Å²) in [5, 5.41) is 3.56. The van der Waals surface area contributed by atoms with E-state index in [1.807, 2.05) is 67.6 Å². The van der Waals surface area contributed by atoms with Gasteiger partial charge in [0.1, 0.15) is 0 Å². The summed E-state index contributed by atoms with van der Waals surface area (Å²) in [7, 11) is 0. The van der Waals surface area contributed by atoms with Gasteiger partial charge in [-0.1, -0.05) is 55.5 Å². The van der Waals surface area contributed by atoms with Gasteiger partial charge in [-0.05, 0) is 47.7 Å². The van der Waals surface area contributed by atoms with Crippen LogP contribution in [-0.4, -0.2) is 18.5 Å². The summed E-state index contributed by atoms with van der Waals surface area (Å²) in [6.45, 7) is 2.01. The molecule has 1 N–H and O–H groups in total. The Hall–Kier alpha value is -4.06. The third-order valence-corrected chi connectivity index (χ3v) is 7.04. The summed E-state index contributed by atoms with van der Waals surface area (Å²) < 4.78 is 11.2. The molecule has 2 heterocycles. The van der Waals surface area contributed by atoms with E-state index in [0.29, 0.717) is 36.3 Å². The summed E-state index contributed by atoms with van der Waals surface area (Å²) in [5.41, 5.74) is 5.08. The van der Waals surface area contributed by atoms with E-state index < -0.39 is 6.04 Å². The predicted octanol–water partition coefficient (Wildman–Crippen LogP) is 5.73. The lowest BCUT2D eigenvalue weighted by atomic mass is 9.78. The SMILES string of the molecule is CCC(=O)N1c2ccccc2NC2=C(C(=O)C[C@@H](c3ccccc3)C2)[C@@H]1c1ccc2c(c1)OCO2. The zero-order valence-electron chi connectivity index (χ0n) is 19.5. The number of carbonyl (C=O) groups excluding carboxylic acids is 2. The Morgan fingerprint density at radius 3 is 2.54 bits per heavy atom. The molecule has 3 aliphatic rings. The maximum Gasteiger partial charge on any atom is 0.231 e. The van der Waals surface area contributed by atoms with E-state index >= 15 is 0 Å². The lowest BCUT2D eigenvalue weighted by Gasteiger charge is -2.35. The van der Waals surface area contributed by atoms with Crippen molar-refractivity contribution in [2.24, 2.45) is 0 Å². The second-order valence-electron chi connectivity index (χ2n) is 9.11. The van der Waals surface area contributed by atoms with Gasteiger partial charge in [0.25, 0.3) is 0 Å². The van der Waals surface area contributed by atoms with E-state index in [2.05, 4.69) is 17.4 Å². The number of para-hydroxylation sites is 2. The zero-order valence-corrected chi connectivity index (χ0v) is 19.5. The maximum absolute atomic E-state index is 13.9. The fraction of sp³-hybridized carbons (Fsp3) is 0.241. The second-order valence-corrected chi connectivity index (χ2v) is 9.11. The summed E-state index contributed by atoms with van der Waals surface area (Å²) in [6.07, 6.45) is 1.41. The van der Waals surface area contributed by atoms with Crippen LogP contribution in [0.25, 0.3) is 0 Å². The van der Waals surface area contributed by atoms with Crippen molar-refractivity contribution >= 4 is 23.1 Å². The van der Waals surface area contributed by atoms with E-state index in [4.69, 9.17) is 9.47 Å². The number of anilines is 2. The number of Topliss-reactive ketones (excluding diaryl/α,β-unsaturated/α-hetero) is 1. The number of hydrogen-bond donors (Lipinski definition) is 1. The standard InChI is InChI=1S/C29H26N2O4/c1-2-27(33)31-23-11-7-6-10-21(23)30-22-14-20(18-8-4-3-5-9-18)15-24(32)28(22)29(31)19-12-13-25-26(16-19)35-17-34-25/h3-13,16,20,29-30H,2,14-15,17H2,1H3/t20-,29-/m0/s1. The number of ether oxygens (including phenoxy) is 2. The molecule has 3 aromatic carbocycles. The Morgan fingerprint density at radius 1 is 0.943 bits per heavy atom. The number of rotatable bonds is 3. The van der Waals surface area contributed by atoms with Gasteiger partial charge in [0.05, 0.1) is 17.4 Å². The normalized spacial score (nSPS) is 20.6. The van der Waals surface area contributed by atoms with Crippen LogP contribution in [0.15, 0.2) is 84.1 Å². The predicted molar refractivity (Wildman–Crippen MR) is 134 cm³/mol. The third-order valence-electron chi connectivity index (χ3n) is 7.04. The molecule has 2 aliphatic heterocycles. The van der Waals surface area contributed by atoms with Crippen molar-refractivity contribution in [3.8, 4) is 11.5 Å². The van der Waals surface area contributed by atoms with Crippen molar-refractivity contribution in [1.29, 1.82) is 0 Å². The molecule has 0 saturated heterocycles. The number of fused-ring (bicyclic) bond motifs is 2. The van der Waals surface area contributed by atoms with Gasteiger partial charge >= 0.3 is 0 Å². The molecule has 0 radical (unpaired) electrons. The smallest absolute Gasteiger partial charge is 0.231 e. The highest BCUT2D eigenvalue weighted by Gasteiger charge is 2.41. The fourth-order valence-corrected chi connectivity index (χ4v) is 5.40. The zero-order chi connectivity index (χ0) is 23.9. The minimum atomic E-state index is -0.563. The monoisotopic (exact) mass is 466 g/mol. The first-order valence-electron chi connectivity index (χ1n) is 12.0. The molecule has 1 amide bonds. The molecule has 1 aliphatic carbocycles. The molecule has 35 heavy (non-hydrogen) atoms. The van der Waals surface area contributed by atoms with Crippen LogP contribution >= 0.6 is 0 Å². The highest BCUT2D eigenvalue weighted by atomic mass is 16.7. The van der Waals surface area contributed by atoms with Crippen molar-refractivity contribution in [2.75, 3.05) is 17.0 Å². The van der Waals surface area contributed by atoms with Crippen LogP contribution in [0.3, 0.4) is 0 Å². The van der Waals surface area contributed by atoms with E-state index in [9.17, 15) is 9.59 Å². The van der Waals surface area contributed by atoms with Gasteiger partial charge in [-0.25, -0.2) is 0 Å². The minimum absolute atomic E-state index is 0.0475. The Labute approximate surface area is 204 Å². The van der Waals surface area contributed by atoms with E-state index in [1.165, 1.54) is 0 Å². The van der Waals surface area contributed by atoms with Gasteiger partial charge < -0.3 is 14.8 Å². The highest BCUT2D eigenvalue weighted by molar-refractivity contribution is 6.06. The highest BCUT2D eigenvalue weighted by Crippen LogP contribution is 2.48. The fourth-order valence-electron chi connectivity index (χ4n) is 5.40. The van der Waals surface area contributed by atoms with Crippen molar-refractivity contribution in [3.63, 3.8) is 0 Å². The Morgan fingerprint density at radius 2 is 1.71 bits per heavy atom. The number of nitrogens with zero attached hydrogens (tertiary/aromatic N) is 1. The van der Waals surface area contributed by atoms with Crippen molar-refractivity contribution in [3.05, 3.63) is 95.2 Å². The molecular formula is C29H26N2O4. The lowest BCUT2D eigenvalue weighted by molar-refractivity contribution is -0.119. The van der Waals surface area contributed by atoms with Crippen LogP contribution in [0.4, 0.5) is 11.4 Å². The molecule has 0 spiro atoms. The average molecular weight is 467 g/mol. The molecule has 6 heteroatoms. The summed E-state index contributed by atoms with van der Waals surface area (Å²) >= 11 is 0. The van der Waals surface area contributed by atoms with Gasteiger partial charge in [-0.3, -0.25) is 14.5 Å². The minimum Gasteiger partial charge on any atom is -0.454 e. The largest absolute Gasteiger partial charge is 0.454 e. The Bertz CT molecular complexity index is 1350. The van der Waals surface area contributed by atoms with Crippen molar-refractivity contribution in [2.45, 2.75) is 38.1 Å². The quantitative estimate of drug-likeness (QED) is 0.534. The van der Waals surface area contributed by atoms with Crippen LogP contribution in [0, 0.1) is 0 Å². The first kappa shape index (κ1) is 21.5. The molecular weight excluding hydrogens is 440 g/mol. The molecule has 176 valence electrons. The van der Waals surface area contributed by atoms with E-state index in [0.717, 1.165) is 28.2 Å². The maximum atomic E-state index is 13.9. The topological polar surface area (TPSA) is 67.9 Å². The van der Waals surface area contributed by atoms with E-state index in [1.54, 1.807) is 4.90 Å². The van der Waals surface area contributed by atoms with Gasteiger partial charge in [0, 0.05) is 24.1 Å². The van der Waals surface area contributed by atoms with Gasteiger partial charge in [-0.15, -0.1) is 0 Å². The van der Waals surface area contributed by atoms with Crippen LogP contribution in [-0.2, 0) is 9.59 Å². The number of carbonyl (C=O) groups is 2. The van der Waals surface area contributed by atoms with E-state index in [-0.39, 0.29) is 24.4 Å². The first-order valence-corrected chi connectivity index (χ1v) is 12.0. The van der Waals surface area contributed by atoms with Crippen molar-refractivity contribution in [1.82, 2.24) is 0 Å². The number of hydrogen-bond acceptors (Lipinski definition) is 5. The first-order chi connectivity index (χ1) is 17.1. The summed E-state index contributed by atoms with van der Waals surface area (Å²) in [5.74, 6) is 1.38. The van der Waals surface area contributed by atoms with Gasteiger partial charge in [0.2, 0.25) is 12.7 Å². The second kappa shape index (κ2) is 8.62. The molecule has 2 atom stereocenters. The molecule has 0 fully saturated rings. The van der Waals surface area contributed by atoms with Crippen molar-refractivity contribution < 1.29 is 19.1 Å². The molecule has 0 saturated carbocycles. The summed E-state index contributed by atoms with van der Waals surface area (Å²) in [4.78, 5) is 29.2. The number of benzene rings is 3. The van der Waals surface area contributed by atoms with Crippen LogP contribution in [0.5, 0.6) is 11.5 Å². The van der Waals surface area contributed by atoms with Gasteiger partial charge in [0.15, 0.2) is 17.3 Å². The van der Waals surface area contributed by atoms with Crippen LogP contribution in [0.1, 0.15) is 49.3 Å². The average Bonchev–Trinajstić information content (AvgIpc) is 3.30. The van der Waals surface area contributed by atoms with Gasteiger partial charge in [-0.2, -0.15) is 0 Å². The molecule has 3 aromatic rings. The number of amides is 1. The Balaban J connectivity index is 1.55. The molecule has 0 bridgehead atoms. The number of nitrogens with one attached hydrogen (secondary N) is 1. The third kappa shape index (κ3) is 3.66. The number of allylic oxidation sites excluding steroid dienone is 1. The van der Waals surface area contributed by atoms with Crippen LogP contribution in [0.2, 0.25) is 0 Å². The summed E-state index contributed by atoms with van der Waals surface area (Å²) in [6, 6.07) is 23.1. The molecule has 6 rings (SSSR count). The van der Waals surface area contributed by atoms with Crippen LogP contribution < -0.4 is 19.7 Å². The molecule has 6 nitrogen and oxygen atoms in total.